The quantitative estimate of drug-likeness (QED) is 0.683. The van der Waals surface area contributed by atoms with Crippen LogP contribution in [0.3, 0.4) is 0 Å². The van der Waals surface area contributed by atoms with Gasteiger partial charge in [0, 0.05) is 37.2 Å². The number of hydrogen-bond acceptors (Lipinski definition) is 8. The van der Waals surface area contributed by atoms with E-state index in [0.29, 0.717) is 17.7 Å². The zero-order valence-corrected chi connectivity index (χ0v) is 15.4. The molecule has 27 heavy (non-hydrogen) atoms. The molecule has 1 saturated heterocycles. The van der Waals surface area contributed by atoms with Gasteiger partial charge in [-0.3, -0.25) is 9.88 Å². The second-order valence-corrected chi connectivity index (χ2v) is 6.64. The van der Waals surface area contributed by atoms with Gasteiger partial charge >= 0.3 is 0 Å². The normalized spacial score (nSPS) is 17.3. The fourth-order valence-corrected chi connectivity index (χ4v) is 3.26. The van der Waals surface area contributed by atoms with Crippen molar-refractivity contribution >= 4 is 5.95 Å². The summed E-state index contributed by atoms with van der Waals surface area (Å²) >= 11 is 0. The van der Waals surface area contributed by atoms with Crippen molar-refractivity contribution in [3.63, 3.8) is 0 Å². The molecule has 4 heterocycles. The van der Waals surface area contributed by atoms with Gasteiger partial charge in [-0.2, -0.15) is 4.98 Å². The highest BCUT2D eigenvalue weighted by molar-refractivity contribution is 5.47. The van der Waals surface area contributed by atoms with E-state index >= 15 is 0 Å². The average molecular weight is 365 g/mol. The van der Waals surface area contributed by atoms with Crippen LogP contribution in [0.15, 0.2) is 41.3 Å². The predicted octanol–water partition coefficient (Wildman–Crippen LogP) is 3.08. The molecular weight excluding hydrogens is 342 g/mol. The van der Waals surface area contributed by atoms with Crippen molar-refractivity contribution in [1.82, 2.24) is 30.0 Å². The minimum atomic E-state index is 0.118. The Bertz CT molecular complexity index is 850. The summed E-state index contributed by atoms with van der Waals surface area (Å²) in [5.74, 6) is 1.86. The molecule has 3 aromatic rings. The minimum absolute atomic E-state index is 0.118. The Morgan fingerprint density at radius 3 is 2.89 bits per heavy atom. The molecule has 8 heteroatoms. The molecule has 0 spiro atoms. The molecule has 1 aliphatic rings. The average Bonchev–Trinajstić information content (AvgIpc) is 3.37. The van der Waals surface area contributed by atoms with Crippen LogP contribution in [0.2, 0.25) is 0 Å². The molecule has 0 aromatic carbocycles. The maximum Gasteiger partial charge on any atom is 0.244 e. The Morgan fingerprint density at radius 2 is 2.11 bits per heavy atom. The zero-order chi connectivity index (χ0) is 18.5. The minimum Gasteiger partial charge on any atom is -0.354 e. The molecule has 1 aliphatic heterocycles. The highest BCUT2D eigenvalue weighted by Gasteiger charge is 2.31. The molecule has 0 radical (unpaired) electrons. The Labute approximate surface area is 158 Å². The summed E-state index contributed by atoms with van der Waals surface area (Å²) in [6.07, 6.45) is 8.64. The van der Waals surface area contributed by atoms with E-state index in [1.54, 1.807) is 6.20 Å². The van der Waals surface area contributed by atoms with Gasteiger partial charge in [0.1, 0.15) is 5.69 Å². The standard InChI is InChI=1S/C19H23N7O/c1-2-8-21-19-22-11-14(12-23-19)13-26-10-5-7-16(26)18-24-17(25-27-18)15-6-3-4-9-20-15/h3-4,6,9,11-12,16H,2,5,7-8,10,13H2,1H3,(H,21,22,23)/t16-/m0/s1. The van der Waals surface area contributed by atoms with Gasteiger partial charge in [0.25, 0.3) is 0 Å². The lowest BCUT2D eigenvalue weighted by atomic mass is 10.2. The molecule has 0 amide bonds. The van der Waals surface area contributed by atoms with E-state index in [2.05, 4.69) is 42.2 Å². The SMILES string of the molecule is CCCNc1ncc(CN2CCC[C@H]2c2nc(-c3ccccn3)no2)cn1. The Kier molecular flexibility index (Phi) is 5.34. The molecule has 1 atom stereocenters. The topological polar surface area (TPSA) is 92.9 Å². The third-order valence-corrected chi connectivity index (χ3v) is 4.61. The van der Waals surface area contributed by atoms with Crippen molar-refractivity contribution in [2.75, 3.05) is 18.4 Å². The molecule has 140 valence electrons. The van der Waals surface area contributed by atoms with Crippen LogP contribution < -0.4 is 5.32 Å². The summed E-state index contributed by atoms with van der Waals surface area (Å²) in [5, 5.41) is 7.30. The van der Waals surface area contributed by atoms with E-state index in [1.807, 2.05) is 30.6 Å². The first kappa shape index (κ1) is 17.5. The third kappa shape index (κ3) is 4.11. The molecule has 0 unspecified atom stereocenters. The van der Waals surface area contributed by atoms with Crippen molar-refractivity contribution in [2.24, 2.45) is 0 Å². The molecule has 1 fully saturated rings. The highest BCUT2D eigenvalue weighted by Crippen LogP contribution is 2.32. The number of hydrogen-bond donors (Lipinski definition) is 1. The van der Waals surface area contributed by atoms with E-state index in [1.165, 1.54) is 0 Å². The fourth-order valence-electron chi connectivity index (χ4n) is 3.26. The lowest BCUT2D eigenvalue weighted by Gasteiger charge is -2.21. The smallest absolute Gasteiger partial charge is 0.244 e. The zero-order valence-electron chi connectivity index (χ0n) is 15.4. The second-order valence-electron chi connectivity index (χ2n) is 6.64. The number of aromatic nitrogens is 5. The van der Waals surface area contributed by atoms with E-state index in [9.17, 15) is 0 Å². The van der Waals surface area contributed by atoms with Crippen LogP contribution in [-0.4, -0.2) is 43.1 Å². The summed E-state index contributed by atoms with van der Waals surface area (Å²) in [6.45, 7) is 4.75. The number of pyridine rings is 1. The van der Waals surface area contributed by atoms with Crippen molar-refractivity contribution in [3.8, 4) is 11.5 Å². The second kappa shape index (κ2) is 8.22. The Morgan fingerprint density at radius 1 is 1.22 bits per heavy atom. The number of anilines is 1. The first-order valence-corrected chi connectivity index (χ1v) is 9.37. The third-order valence-electron chi connectivity index (χ3n) is 4.61. The van der Waals surface area contributed by atoms with Gasteiger partial charge in [-0.25, -0.2) is 9.97 Å². The summed E-state index contributed by atoms with van der Waals surface area (Å²) in [7, 11) is 0. The van der Waals surface area contributed by atoms with Crippen molar-refractivity contribution < 1.29 is 4.52 Å². The van der Waals surface area contributed by atoms with Gasteiger partial charge in [-0.15, -0.1) is 0 Å². The van der Waals surface area contributed by atoms with Gasteiger partial charge in [0.2, 0.25) is 17.7 Å². The first-order valence-electron chi connectivity index (χ1n) is 9.37. The fraction of sp³-hybridized carbons (Fsp3) is 0.421. The van der Waals surface area contributed by atoms with Gasteiger partial charge in [0.15, 0.2) is 0 Å². The van der Waals surface area contributed by atoms with Crippen molar-refractivity contribution in [3.05, 3.63) is 48.2 Å². The molecule has 3 aromatic heterocycles. The number of nitrogens with zero attached hydrogens (tertiary/aromatic N) is 6. The van der Waals surface area contributed by atoms with E-state index in [-0.39, 0.29) is 6.04 Å². The molecule has 0 aliphatic carbocycles. The summed E-state index contributed by atoms with van der Waals surface area (Å²) < 4.78 is 5.55. The molecule has 4 rings (SSSR count). The Balaban J connectivity index is 1.44. The van der Waals surface area contributed by atoms with Crippen LogP contribution in [0, 0.1) is 0 Å². The molecule has 8 nitrogen and oxygen atoms in total. The monoisotopic (exact) mass is 365 g/mol. The van der Waals surface area contributed by atoms with Gasteiger partial charge < -0.3 is 9.84 Å². The highest BCUT2D eigenvalue weighted by atomic mass is 16.5. The van der Waals surface area contributed by atoms with E-state index < -0.39 is 0 Å². The lowest BCUT2D eigenvalue weighted by molar-refractivity contribution is 0.201. The van der Waals surface area contributed by atoms with Crippen LogP contribution in [0.5, 0.6) is 0 Å². The van der Waals surface area contributed by atoms with Crippen LogP contribution in [-0.2, 0) is 6.54 Å². The van der Waals surface area contributed by atoms with Gasteiger partial charge in [-0.1, -0.05) is 18.1 Å². The van der Waals surface area contributed by atoms with E-state index in [0.717, 1.165) is 50.2 Å². The van der Waals surface area contributed by atoms with Crippen molar-refractivity contribution in [2.45, 2.75) is 38.8 Å². The number of likely N-dealkylation sites (tertiary alicyclic amines) is 1. The molecule has 0 saturated carbocycles. The molecule has 1 N–H and O–H groups in total. The maximum atomic E-state index is 5.55. The molecule has 0 bridgehead atoms. The van der Waals surface area contributed by atoms with Gasteiger partial charge in [-0.05, 0) is 37.9 Å². The van der Waals surface area contributed by atoms with Gasteiger partial charge in [0.05, 0.1) is 6.04 Å². The maximum absolute atomic E-state index is 5.55. The first-order chi connectivity index (χ1) is 13.3. The summed E-state index contributed by atoms with van der Waals surface area (Å²) in [5.41, 5.74) is 1.80. The van der Waals surface area contributed by atoms with Crippen LogP contribution in [0.4, 0.5) is 5.95 Å². The predicted molar refractivity (Wildman–Crippen MR) is 101 cm³/mol. The van der Waals surface area contributed by atoms with Crippen LogP contribution in [0.25, 0.3) is 11.5 Å². The molecular formula is C19H23N7O. The largest absolute Gasteiger partial charge is 0.354 e. The summed E-state index contributed by atoms with van der Waals surface area (Å²) in [6, 6.07) is 5.79. The van der Waals surface area contributed by atoms with Crippen LogP contribution >= 0.6 is 0 Å². The van der Waals surface area contributed by atoms with Crippen molar-refractivity contribution in [1.29, 1.82) is 0 Å². The van der Waals surface area contributed by atoms with E-state index in [4.69, 9.17) is 4.52 Å². The number of rotatable bonds is 7. The summed E-state index contributed by atoms with van der Waals surface area (Å²) in [4.78, 5) is 20.0. The number of nitrogens with one attached hydrogen (secondary N) is 1. The lowest BCUT2D eigenvalue weighted by Crippen LogP contribution is -2.23. The Hall–Kier alpha value is -2.87. The van der Waals surface area contributed by atoms with Crippen LogP contribution in [0.1, 0.15) is 43.7 Å².